The van der Waals surface area contributed by atoms with Crippen LogP contribution in [0.1, 0.15) is 94.6 Å². The Balaban J connectivity index is 1.67. The van der Waals surface area contributed by atoms with Crippen LogP contribution in [0.15, 0.2) is 81.7 Å². The second kappa shape index (κ2) is 39.9. The quantitative estimate of drug-likeness (QED) is 0.0134. The SMILES string of the molecule is NCCCC[C@H](NC(=O)[C@@H]1CCCN1C(=O)[C@H](CCCN=C(N)N)NC(=O)[C@@H]1C/C=C/C[C@H](NC(=O)[C@H](Cc2ccccc2)NC(=O)CNC(=O)CNC(=O)[C@@H](N)Cc2ccc(O)cc2)C(=O)N[C@@H](CCCN=C(N)N)C(=O)N[C@@H](CCCN=C(N)N)C(=O)N1)C(N)=O. The molecule has 93 heavy (non-hydrogen) atoms. The molecule has 1 saturated heterocycles. The molecule has 2 heterocycles. The second-order valence-electron chi connectivity index (χ2n) is 22.3. The third kappa shape index (κ3) is 27.9. The van der Waals surface area contributed by atoms with Gasteiger partial charge in [-0.15, -0.1) is 0 Å². The Hall–Kier alpha value is -10.1. The van der Waals surface area contributed by atoms with E-state index in [4.69, 9.17) is 51.6 Å². The van der Waals surface area contributed by atoms with Gasteiger partial charge >= 0.3 is 0 Å². The number of rotatable bonds is 34. The third-order valence-corrected chi connectivity index (χ3v) is 14.9. The number of phenols is 1. The Morgan fingerprint density at radius 1 is 0.591 bits per heavy atom. The van der Waals surface area contributed by atoms with Crippen molar-refractivity contribution in [2.45, 2.75) is 151 Å². The highest BCUT2D eigenvalue weighted by Gasteiger charge is 2.40. The van der Waals surface area contributed by atoms with Gasteiger partial charge in [-0.3, -0.25) is 67.7 Å². The lowest BCUT2D eigenvalue weighted by molar-refractivity contribution is -0.142. The number of nitrogens with zero attached hydrogens (tertiary/aromatic N) is 4. The minimum absolute atomic E-state index is 0.00505. The number of phenolic OH excluding ortho intramolecular Hbond substituents is 1. The summed E-state index contributed by atoms with van der Waals surface area (Å²) in [5, 5.41) is 33.1. The Morgan fingerprint density at radius 2 is 1.15 bits per heavy atom. The van der Waals surface area contributed by atoms with Crippen LogP contribution in [0.5, 0.6) is 5.75 Å². The van der Waals surface area contributed by atoms with Crippen LogP contribution in [-0.2, 0) is 65.6 Å². The Kier molecular flexibility index (Phi) is 32.3. The van der Waals surface area contributed by atoms with Crippen LogP contribution in [0, 0.1) is 0 Å². The number of nitrogens with one attached hydrogen (secondary N) is 9. The van der Waals surface area contributed by atoms with E-state index in [9.17, 15) is 57.8 Å². The Bertz CT molecular complexity index is 2970. The average molecular weight is 1300 g/mol. The summed E-state index contributed by atoms with van der Waals surface area (Å²) in [5.74, 6) is -9.48. The smallest absolute Gasteiger partial charge is 0.245 e. The van der Waals surface area contributed by atoms with Gasteiger partial charge in [0.2, 0.25) is 65.0 Å². The number of aliphatic imine (C=N–C) groups is 3. The van der Waals surface area contributed by atoms with E-state index in [2.05, 4.69) is 62.8 Å². The maximum Gasteiger partial charge on any atom is 0.245 e. The summed E-state index contributed by atoms with van der Waals surface area (Å²) < 4.78 is 0. The van der Waals surface area contributed by atoms with Crippen LogP contribution in [0.25, 0.3) is 0 Å². The molecule has 1 fully saturated rings. The number of hydrogen-bond acceptors (Lipinski definition) is 17. The largest absolute Gasteiger partial charge is 0.508 e. The minimum atomic E-state index is -1.52. The summed E-state index contributed by atoms with van der Waals surface area (Å²) in [6.07, 6.45) is 4.12. The summed E-state index contributed by atoms with van der Waals surface area (Å²) in [7, 11) is 0. The molecular weight excluding hydrogens is 1210 g/mol. The number of likely N-dealkylation sites (tertiary alicyclic amines) is 1. The van der Waals surface area contributed by atoms with Crippen LogP contribution in [0.2, 0.25) is 0 Å². The summed E-state index contributed by atoms with van der Waals surface area (Å²) in [4.78, 5) is 166. The fraction of sp³-hybridized carbons (Fsp3) is 0.525. The van der Waals surface area contributed by atoms with Gasteiger partial charge in [0.25, 0.3) is 0 Å². The van der Waals surface area contributed by atoms with Gasteiger partial charge < -0.3 is 109 Å². The summed E-state index contributed by atoms with van der Waals surface area (Å²) in [6, 6.07) is 2.76. The topological polar surface area (TPSA) is 591 Å². The molecule has 4 rings (SSSR count). The zero-order chi connectivity index (χ0) is 68.4. The first-order valence-electron chi connectivity index (χ1n) is 30.7. The minimum Gasteiger partial charge on any atom is -0.508 e. The molecule has 2 aliphatic rings. The van der Waals surface area contributed by atoms with Gasteiger partial charge in [-0.1, -0.05) is 54.6 Å². The number of guanidine groups is 3. The molecule has 0 radical (unpaired) electrons. The highest BCUT2D eigenvalue weighted by Crippen LogP contribution is 2.21. The lowest BCUT2D eigenvalue weighted by atomic mass is 10.0. The number of nitrogens with two attached hydrogens (primary N) is 9. The van der Waals surface area contributed by atoms with Gasteiger partial charge in [-0.25, -0.2) is 0 Å². The number of carbonyl (C=O) groups excluding carboxylic acids is 11. The summed E-state index contributed by atoms with van der Waals surface area (Å²) in [6.45, 7) is -0.726. The van der Waals surface area contributed by atoms with Crippen molar-refractivity contribution < 1.29 is 57.8 Å². The first-order chi connectivity index (χ1) is 44.3. The van der Waals surface area contributed by atoms with Gasteiger partial charge in [-0.2, -0.15) is 0 Å². The van der Waals surface area contributed by atoms with Crippen LogP contribution in [0.4, 0.5) is 0 Å². The van der Waals surface area contributed by atoms with Gasteiger partial charge in [-0.05, 0) is 120 Å². The fourth-order valence-corrected chi connectivity index (χ4v) is 9.97. The number of amides is 11. The molecule has 0 spiro atoms. The van der Waals surface area contributed by atoms with Crippen molar-refractivity contribution in [1.29, 1.82) is 0 Å². The molecule has 2 aromatic rings. The number of primary amides is 1. The number of aromatic hydroxyl groups is 1. The molecule has 28 N–H and O–H groups in total. The first kappa shape index (κ1) is 75.3. The average Bonchev–Trinajstić information content (AvgIpc) is 1.91. The molecule has 2 aromatic carbocycles. The molecule has 11 amide bonds. The van der Waals surface area contributed by atoms with Crippen molar-refractivity contribution in [1.82, 2.24) is 52.8 Å². The number of hydrogen-bond donors (Lipinski definition) is 19. The second-order valence-corrected chi connectivity index (χ2v) is 22.3. The van der Waals surface area contributed by atoms with Gasteiger partial charge in [0.05, 0.1) is 19.1 Å². The normalized spacial score (nSPS) is 19.1. The maximum absolute atomic E-state index is 14.8. The molecule has 34 heteroatoms. The van der Waals surface area contributed by atoms with Crippen LogP contribution in [0.3, 0.4) is 0 Å². The monoisotopic (exact) mass is 1300 g/mol. The number of carbonyl (C=O) groups is 11. The standard InChI is InChI=1S/C59H92N22O12/c60-25-7-6-14-38(48(62)85)75-55(92)45-20-11-29-81(45)56(93)43(19-10-28-71-59(67)68)80-53(90)40-16-5-4-15-39(50(87)77-42(18-9-27-70-58(65)66)52(89)78-41(51(88)76-40)17-8-26-69-57(63)64)79-54(91)44(31-34-12-2-1-3-13-34)74-47(84)33-72-46(83)32-73-49(86)37(61)30-35-21-23-36(82)24-22-35/h1-5,12-13,21-24,37-45,82H,6-11,14-20,25-33,60-61H2,(H2,62,85)(H,72,83)(H,73,86)(H,74,84)(H,75,92)(H,76,88)(H,77,87)(H,78,89)(H,79,91)(H,80,90)(H4,63,64,69)(H4,65,66,70)(H4,67,68,71)/b5-4+/t37-,38-,39-,40-,41-,42-,43-,44-,45-/m0/s1. The van der Waals surface area contributed by atoms with Crippen molar-refractivity contribution in [2.24, 2.45) is 66.6 Å². The van der Waals surface area contributed by atoms with Gasteiger partial charge in [0.1, 0.15) is 54.1 Å². The fourth-order valence-electron chi connectivity index (χ4n) is 9.97. The Morgan fingerprint density at radius 3 is 1.76 bits per heavy atom. The van der Waals surface area contributed by atoms with E-state index in [0.29, 0.717) is 36.9 Å². The van der Waals surface area contributed by atoms with Gasteiger partial charge in [0.15, 0.2) is 17.9 Å². The van der Waals surface area contributed by atoms with Crippen molar-refractivity contribution >= 4 is 82.9 Å². The molecule has 0 saturated carbocycles. The van der Waals surface area contributed by atoms with E-state index in [0.717, 1.165) is 0 Å². The highest BCUT2D eigenvalue weighted by molar-refractivity contribution is 5.99. The first-order valence-corrected chi connectivity index (χ1v) is 30.7. The molecule has 510 valence electrons. The number of unbranched alkanes of at least 4 members (excludes halogenated alkanes) is 1. The van der Waals surface area contributed by atoms with Crippen LogP contribution >= 0.6 is 0 Å². The molecule has 0 bridgehead atoms. The lowest BCUT2D eigenvalue weighted by Crippen LogP contribution is -2.60. The summed E-state index contributed by atoms with van der Waals surface area (Å²) in [5.41, 5.74) is 52.0. The van der Waals surface area contributed by atoms with E-state index in [1.807, 2.05) is 0 Å². The van der Waals surface area contributed by atoms with Crippen molar-refractivity contribution in [3.05, 3.63) is 77.9 Å². The molecule has 34 nitrogen and oxygen atoms in total. The predicted octanol–water partition coefficient (Wildman–Crippen LogP) is -6.75. The van der Waals surface area contributed by atoms with Crippen molar-refractivity contribution in [3.8, 4) is 5.75 Å². The predicted molar refractivity (Wildman–Crippen MR) is 344 cm³/mol. The molecule has 2 aliphatic heterocycles. The molecule has 0 unspecified atom stereocenters. The maximum atomic E-state index is 14.8. The van der Waals surface area contributed by atoms with Crippen LogP contribution in [-0.4, -0.2) is 193 Å². The zero-order valence-electron chi connectivity index (χ0n) is 52.0. The van der Waals surface area contributed by atoms with Crippen molar-refractivity contribution in [2.75, 3.05) is 45.8 Å². The number of benzene rings is 2. The molecule has 9 atom stereocenters. The lowest BCUT2D eigenvalue weighted by Gasteiger charge is -2.31. The third-order valence-electron chi connectivity index (χ3n) is 14.9. The van der Waals surface area contributed by atoms with E-state index < -0.39 is 132 Å². The van der Waals surface area contributed by atoms with Crippen molar-refractivity contribution in [3.63, 3.8) is 0 Å². The zero-order valence-corrected chi connectivity index (χ0v) is 52.0. The van der Waals surface area contributed by atoms with E-state index in [-0.39, 0.29) is 127 Å². The van der Waals surface area contributed by atoms with E-state index in [1.165, 1.54) is 29.2 Å². The Labute approximate surface area is 538 Å². The highest BCUT2D eigenvalue weighted by atomic mass is 16.3. The summed E-state index contributed by atoms with van der Waals surface area (Å²) >= 11 is 0. The molecule has 0 aliphatic carbocycles. The van der Waals surface area contributed by atoms with E-state index in [1.54, 1.807) is 42.5 Å². The van der Waals surface area contributed by atoms with Crippen LogP contribution < -0.4 is 99.5 Å². The van der Waals surface area contributed by atoms with E-state index >= 15 is 0 Å². The molecule has 0 aromatic heterocycles. The molecular formula is C59H92N22O12. The van der Waals surface area contributed by atoms with Gasteiger partial charge in [0, 0.05) is 32.6 Å².